The van der Waals surface area contributed by atoms with Crippen LogP contribution >= 0.6 is 0 Å². The summed E-state index contributed by atoms with van der Waals surface area (Å²) in [7, 11) is 0. The van der Waals surface area contributed by atoms with Crippen molar-refractivity contribution >= 4 is 29.1 Å². The lowest BCUT2D eigenvalue weighted by Crippen LogP contribution is -2.52. The summed E-state index contributed by atoms with van der Waals surface area (Å²) in [4.78, 5) is 42.0. The van der Waals surface area contributed by atoms with Gasteiger partial charge in [-0.1, -0.05) is 0 Å². The van der Waals surface area contributed by atoms with Crippen LogP contribution in [0.15, 0.2) is 30.3 Å². The van der Waals surface area contributed by atoms with Gasteiger partial charge in [-0.2, -0.15) is 0 Å². The molecule has 5 rings (SSSR count). The smallest absolute Gasteiger partial charge is 0.255 e. The Morgan fingerprint density at radius 1 is 1.03 bits per heavy atom. The van der Waals surface area contributed by atoms with Crippen molar-refractivity contribution < 1.29 is 23.2 Å². The Kier molecular flexibility index (Phi) is 5.68. The van der Waals surface area contributed by atoms with Gasteiger partial charge in [-0.05, 0) is 47.9 Å². The molecule has 0 bridgehead atoms. The van der Waals surface area contributed by atoms with Gasteiger partial charge in [0.2, 0.25) is 11.8 Å². The van der Waals surface area contributed by atoms with Crippen molar-refractivity contribution in [3.63, 3.8) is 0 Å². The maximum Gasteiger partial charge on any atom is 0.255 e. The lowest BCUT2D eigenvalue weighted by atomic mass is 10.0. The summed E-state index contributed by atoms with van der Waals surface area (Å²) in [6.07, 6.45) is 0.430. The SMILES string of the molecule is Nc1ccc(F)cc1CN1CCN(c2cc3c(cc2F)C(=O)N(C2CCC(=O)NC2=O)C3)CC1. The van der Waals surface area contributed by atoms with E-state index in [0.29, 0.717) is 49.7 Å². The number of piperazine rings is 1. The Hall–Kier alpha value is -3.53. The van der Waals surface area contributed by atoms with Crippen LogP contribution in [0.3, 0.4) is 0 Å². The van der Waals surface area contributed by atoms with Crippen LogP contribution < -0.4 is 16.0 Å². The van der Waals surface area contributed by atoms with Crippen LogP contribution in [0.2, 0.25) is 0 Å². The maximum atomic E-state index is 15.0. The van der Waals surface area contributed by atoms with Gasteiger partial charge in [0, 0.05) is 56.9 Å². The first-order valence-corrected chi connectivity index (χ1v) is 11.3. The molecule has 0 radical (unpaired) electrons. The summed E-state index contributed by atoms with van der Waals surface area (Å²) in [6.45, 7) is 3.14. The summed E-state index contributed by atoms with van der Waals surface area (Å²) in [5.74, 6) is -2.05. The number of piperidine rings is 1. The summed E-state index contributed by atoms with van der Waals surface area (Å²) in [5, 5.41) is 2.27. The van der Waals surface area contributed by atoms with Gasteiger partial charge in [-0.3, -0.25) is 24.6 Å². The second-order valence-electron chi connectivity index (χ2n) is 8.97. The molecule has 3 aliphatic rings. The number of benzene rings is 2. The zero-order valence-corrected chi connectivity index (χ0v) is 18.5. The molecule has 0 saturated carbocycles. The zero-order valence-electron chi connectivity index (χ0n) is 18.5. The van der Waals surface area contributed by atoms with E-state index in [4.69, 9.17) is 5.73 Å². The van der Waals surface area contributed by atoms with Crippen molar-refractivity contribution in [2.75, 3.05) is 36.8 Å². The molecule has 3 N–H and O–H groups in total. The van der Waals surface area contributed by atoms with Gasteiger partial charge in [-0.25, -0.2) is 8.78 Å². The normalized spacial score (nSPS) is 21.1. The number of imide groups is 1. The fourth-order valence-electron chi connectivity index (χ4n) is 4.92. The van der Waals surface area contributed by atoms with Crippen molar-refractivity contribution in [1.82, 2.24) is 15.1 Å². The molecule has 3 heterocycles. The van der Waals surface area contributed by atoms with Gasteiger partial charge < -0.3 is 15.5 Å². The quantitative estimate of drug-likeness (QED) is 0.522. The van der Waals surface area contributed by atoms with Crippen molar-refractivity contribution in [2.24, 2.45) is 0 Å². The molecule has 2 aromatic rings. The Morgan fingerprint density at radius 3 is 2.53 bits per heavy atom. The van der Waals surface area contributed by atoms with Crippen molar-refractivity contribution in [1.29, 1.82) is 0 Å². The largest absolute Gasteiger partial charge is 0.398 e. The Morgan fingerprint density at radius 2 is 1.79 bits per heavy atom. The monoisotopic (exact) mass is 469 g/mol. The molecule has 0 aliphatic carbocycles. The predicted octanol–water partition coefficient (Wildman–Crippen LogP) is 1.63. The van der Waals surface area contributed by atoms with Crippen LogP contribution in [-0.4, -0.2) is 59.7 Å². The van der Waals surface area contributed by atoms with Gasteiger partial charge in [-0.15, -0.1) is 0 Å². The first kappa shape index (κ1) is 22.3. The average Bonchev–Trinajstić information content (AvgIpc) is 3.11. The first-order chi connectivity index (χ1) is 16.3. The number of hydrogen-bond acceptors (Lipinski definition) is 6. The molecule has 2 saturated heterocycles. The van der Waals surface area contributed by atoms with Crippen molar-refractivity contribution in [2.45, 2.75) is 32.0 Å². The number of carbonyl (C=O) groups is 3. The highest BCUT2D eigenvalue weighted by atomic mass is 19.1. The molecule has 1 atom stereocenters. The summed E-state index contributed by atoms with van der Waals surface area (Å²) >= 11 is 0. The number of amides is 3. The van der Waals surface area contributed by atoms with Gasteiger partial charge in [0.1, 0.15) is 17.7 Å². The number of nitrogens with zero attached hydrogens (tertiary/aromatic N) is 3. The second kappa shape index (κ2) is 8.68. The maximum absolute atomic E-state index is 15.0. The van der Waals surface area contributed by atoms with Crippen LogP contribution in [0.1, 0.15) is 34.3 Å². The molecule has 34 heavy (non-hydrogen) atoms. The van der Waals surface area contributed by atoms with E-state index in [1.54, 1.807) is 12.1 Å². The third kappa shape index (κ3) is 4.09. The predicted molar refractivity (Wildman–Crippen MR) is 121 cm³/mol. The minimum atomic E-state index is -0.733. The van der Waals surface area contributed by atoms with Gasteiger partial charge in [0.05, 0.1) is 5.69 Å². The number of anilines is 2. The van der Waals surface area contributed by atoms with E-state index in [1.807, 2.05) is 4.90 Å². The number of halogens is 2. The Bertz CT molecular complexity index is 1180. The van der Waals surface area contributed by atoms with Crippen molar-refractivity contribution in [3.8, 4) is 0 Å². The van der Waals surface area contributed by atoms with Gasteiger partial charge in [0.25, 0.3) is 5.91 Å². The van der Waals surface area contributed by atoms with E-state index in [-0.39, 0.29) is 36.7 Å². The van der Waals surface area contributed by atoms with Crippen LogP contribution in [0.4, 0.5) is 20.2 Å². The average molecular weight is 469 g/mol. The van der Waals surface area contributed by atoms with Crippen LogP contribution in [-0.2, 0) is 22.7 Å². The summed E-state index contributed by atoms with van der Waals surface area (Å²) in [5.41, 5.74) is 8.57. The fraction of sp³-hybridized carbons (Fsp3) is 0.375. The standard InChI is InChI=1S/C24H25F2N5O3/c25-16-1-2-19(27)15(9-16)12-29-5-7-30(8-6-29)21-10-14-13-31(24(34)17(14)11-18(21)26)20-3-4-22(32)28-23(20)33/h1-2,9-11,20H,3-8,12-13,27H2,(H,28,32,33). The highest BCUT2D eigenvalue weighted by Crippen LogP contribution is 2.33. The molecule has 0 spiro atoms. The molecule has 3 aliphatic heterocycles. The fourth-order valence-corrected chi connectivity index (χ4v) is 4.92. The lowest BCUT2D eigenvalue weighted by Gasteiger charge is -2.36. The molecule has 2 aromatic carbocycles. The topological polar surface area (TPSA) is 99.0 Å². The molecule has 2 fully saturated rings. The highest BCUT2D eigenvalue weighted by molar-refractivity contribution is 6.05. The molecule has 8 nitrogen and oxygen atoms in total. The number of fused-ring (bicyclic) bond motifs is 1. The number of nitrogens with one attached hydrogen (secondary N) is 1. The van der Waals surface area contributed by atoms with Crippen molar-refractivity contribution in [3.05, 3.63) is 58.7 Å². The molecule has 1 unspecified atom stereocenters. The molecule has 178 valence electrons. The van der Waals surface area contributed by atoms with E-state index in [9.17, 15) is 18.8 Å². The second-order valence-corrected chi connectivity index (χ2v) is 8.97. The molecular weight excluding hydrogens is 444 g/mol. The van der Waals surface area contributed by atoms with E-state index < -0.39 is 23.7 Å². The van der Waals surface area contributed by atoms with Gasteiger partial charge >= 0.3 is 0 Å². The molecule has 3 amide bonds. The number of carbonyl (C=O) groups excluding carboxylic acids is 3. The minimum Gasteiger partial charge on any atom is -0.398 e. The van der Waals surface area contributed by atoms with Crippen LogP contribution in [0.5, 0.6) is 0 Å². The number of rotatable bonds is 4. The Balaban J connectivity index is 1.27. The lowest BCUT2D eigenvalue weighted by molar-refractivity contribution is -0.136. The van der Waals surface area contributed by atoms with E-state index in [0.717, 1.165) is 5.56 Å². The third-order valence-corrected chi connectivity index (χ3v) is 6.80. The van der Waals surface area contributed by atoms with Crippen LogP contribution in [0.25, 0.3) is 0 Å². The first-order valence-electron chi connectivity index (χ1n) is 11.3. The summed E-state index contributed by atoms with van der Waals surface area (Å²) in [6, 6.07) is 6.53. The highest BCUT2D eigenvalue weighted by Gasteiger charge is 2.40. The van der Waals surface area contributed by atoms with E-state index >= 15 is 4.39 Å². The van der Waals surface area contributed by atoms with Gasteiger partial charge in [0.15, 0.2) is 0 Å². The molecule has 10 heteroatoms. The van der Waals surface area contributed by atoms with E-state index in [1.165, 1.54) is 23.1 Å². The van der Waals surface area contributed by atoms with E-state index in [2.05, 4.69) is 10.2 Å². The Labute approximate surface area is 195 Å². The number of hydrogen-bond donors (Lipinski definition) is 2. The number of nitrogen functional groups attached to an aromatic ring is 1. The third-order valence-electron chi connectivity index (χ3n) is 6.80. The molecular formula is C24H25F2N5O3. The molecule has 0 aromatic heterocycles. The summed E-state index contributed by atoms with van der Waals surface area (Å²) < 4.78 is 28.6. The number of nitrogens with two attached hydrogens (primary N) is 1. The minimum absolute atomic E-state index is 0.168. The van der Waals surface area contributed by atoms with Crippen LogP contribution in [0, 0.1) is 11.6 Å². The zero-order chi connectivity index (χ0) is 24.0.